The molecule has 4 rings (SSSR count). The number of hydrogen-bond donors (Lipinski definition) is 1. The van der Waals surface area contributed by atoms with Gasteiger partial charge in [0.1, 0.15) is 5.69 Å². The van der Waals surface area contributed by atoms with Crippen LogP contribution < -0.4 is 5.32 Å². The Morgan fingerprint density at radius 3 is 2.44 bits per heavy atom. The lowest BCUT2D eigenvalue weighted by Gasteiger charge is -2.17. The highest BCUT2D eigenvalue weighted by Crippen LogP contribution is 2.20. The normalized spacial score (nSPS) is 11.6. The number of nitrogens with one attached hydrogen (secondary N) is 1. The topological polar surface area (TPSA) is 123 Å². The Bertz CT molecular complexity index is 1330. The van der Waals surface area contributed by atoms with Crippen LogP contribution in [-0.2, 0) is 23.6 Å². The van der Waals surface area contributed by atoms with Crippen LogP contribution in [0.25, 0.3) is 11.6 Å². The summed E-state index contributed by atoms with van der Waals surface area (Å²) in [6.45, 7) is 0.238. The van der Waals surface area contributed by atoms with Gasteiger partial charge in [0, 0.05) is 32.4 Å². The van der Waals surface area contributed by atoms with Crippen LogP contribution in [0.15, 0.2) is 76.2 Å². The van der Waals surface area contributed by atoms with Crippen LogP contribution in [0.5, 0.6) is 0 Å². The molecule has 0 saturated heterocycles. The van der Waals surface area contributed by atoms with Gasteiger partial charge in [0.25, 0.3) is 11.8 Å². The summed E-state index contributed by atoms with van der Waals surface area (Å²) in [5.74, 6) is -0.296. The van der Waals surface area contributed by atoms with Gasteiger partial charge in [-0.2, -0.15) is 9.40 Å². The quantitative estimate of drug-likeness (QED) is 0.457. The number of carbonyl (C=O) groups is 1. The van der Waals surface area contributed by atoms with Gasteiger partial charge in [-0.3, -0.25) is 14.8 Å². The van der Waals surface area contributed by atoms with Gasteiger partial charge in [0.2, 0.25) is 10.0 Å². The lowest BCUT2D eigenvalue weighted by molar-refractivity contribution is 0.102. The number of anilines is 1. The first-order valence-corrected chi connectivity index (χ1v) is 11.0. The monoisotopic (exact) mass is 452 g/mol. The molecule has 0 atom stereocenters. The lowest BCUT2D eigenvalue weighted by Crippen LogP contribution is -2.26. The van der Waals surface area contributed by atoms with Crippen molar-refractivity contribution in [2.24, 2.45) is 7.05 Å². The van der Waals surface area contributed by atoms with E-state index in [1.165, 1.54) is 35.6 Å². The number of carbonyl (C=O) groups excluding carboxylic acids is 1. The van der Waals surface area contributed by atoms with Crippen molar-refractivity contribution in [2.75, 3.05) is 12.4 Å². The number of hydrogen-bond acceptors (Lipinski definition) is 7. The Kier molecular flexibility index (Phi) is 5.84. The number of amides is 1. The van der Waals surface area contributed by atoms with Gasteiger partial charge in [0.05, 0.1) is 4.90 Å². The maximum atomic E-state index is 12.8. The average molecular weight is 452 g/mol. The van der Waals surface area contributed by atoms with Gasteiger partial charge in [-0.15, -0.1) is 5.10 Å². The number of benzene rings is 2. The second-order valence-corrected chi connectivity index (χ2v) is 9.02. The van der Waals surface area contributed by atoms with Crippen LogP contribution in [0, 0.1) is 0 Å². The number of aromatic nitrogens is 4. The smallest absolute Gasteiger partial charge is 0.322 e. The molecule has 0 fully saturated rings. The second kappa shape index (κ2) is 8.73. The lowest BCUT2D eigenvalue weighted by atomic mass is 10.2. The minimum absolute atomic E-state index is 0.0782. The van der Waals surface area contributed by atoms with E-state index in [0.717, 1.165) is 5.56 Å². The SMILES string of the molecule is CN(Cc1ccccc1)S(=O)(=O)c1ccc(C(=O)Nc2nnc(-c3ccnn3C)o2)cc1. The Balaban J connectivity index is 1.44. The molecular formula is C21H20N6O4S. The molecule has 2 heterocycles. The average Bonchev–Trinajstić information content (AvgIpc) is 3.43. The van der Waals surface area contributed by atoms with Gasteiger partial charge >= 0.3 is 6.01 Å². The Morgan fingerprint density at radius 1 is 1.06 bits per heavy atom. The summed E-state index contributed by atoms with van der Waals surface area (Å²) in [5, 5.41) is 14.2. The molecule has 1 amide bonds. The van der Waals surface area contributed by atoms with Crippen molar-refractivity contribution in [3.8, 4) is 11.6 Å². The summed E-state index contributed by atoms with van der Waals surface area (Å²) < 4.78 is 33.9. The third-order valence-electron chi connectivity index (χ3n) is 4.76. The minimum atomic E-state index is -3.71. The number of rotatable bonds is 7. The molecule has 2 aromatic heterocycles. The zero-order valence-corrected chi connectivity index (χ0v) is 18.2. The molecule has 1 N–H and O–H groups in total. The van der Waals surface area contributed by atoms with Crippen LogP contribution in [-0.4, -0.2) is 45.7 Å². The minimum Gasteiger partial charge on any atom is -0.401 e. The number of sulfonamides is 1. The van der Waals surface area contributed by atoms with E-state index in [2.05, 4.69) is 20.6 Å². The molecule has 164 valence electrons. The molecule has 0 saturated carbocycles. The Labute approximate surface area is 184 Å². The highest BCUT2D eigenvalue weighted by Gasteiger charge is 2.22. The molecule has 2 aromatic carbocycles. The zero-order valence-electron chi connectivity index (χ0n) is 17.3. The van der Waals surface area contributed by atoms with Crippen molar-refractivity contribution in [3.05, 3.63) is 78.0 Å². The van der Waals surface area contributed by atoms with E-state index in [1.807, 2.05) is 30.3 Å². The number of aryl methyl sites for hydroxylation is 1. The molecule has 0 spiro atoms. The second-order valence-electron chi connectivity index (χ2n) is 6.98. The summed E-state index contributed by atoms with van der Waals surface area (Å²) in [6, 6.07) is 16.6. The summed E-state index contributed by atoms with van der Waals surface area (Å²) in [6.07, 6.45) is 1.59. The standard InChI is InChI=1S/C21H20N6O4S/c1-26(14-15-6-4-3-5-7-15)32(29,30)17-10-8-16(9-11-17)19(28)23-21-25-24-20(31-21)18-12-13-22-27(18)2/h3-13H,14H2,1-2H3,(H,23,25,28). The third kappa shape index (κ3) is 4.43. The van der Waals surface area contributed by atoms with E-state index in [0.29, 0.717) is 5.69 Å². The molecule has 0 bridgehead atoms. The maximum Gasteiger partial charge on any atom is 0.322 e. The third-order valence-corrected chi connectivity index (χ3v) is 6.58. The van der Waals surface area contributed by atoms with E-state index in [4.69, 9.17) is 4.42 Å². The van der Waals surface area contributed by atoms with E-state index in [1.54, 1.807) is 24.0 Å². The predicted molar refractivity (Wildman–Crippen MR) is 116 cm³/mol. The van der Waals surface area contributed by atoms with Crippen molar-refractivity contribution >= 4 is 21.9 Å². The first kappa shape index (κ1) is 21.4. The van der Waals surface area contributed by atoms with Crippen LogP contribution in [0.3, 0.4) is 0 Å². The van der Waals surface area contributed by atoms with Crippen molar-refractivity contribution in [1.29, 1.82) is 0 Å². The zero-order chi connectivity index (χ0) is 22.7. The van der Waals surface area contributed by atoms with E-state index < -0.39 is 15.9 Å². The first-order chi connectivity index (χ1) is 15.3. The molecule has 0 aliphatic carbocycles. The van der Waals surface area contributed by atoms with Gasteiger partial charge in [0.15, 0.2) is 0 Å². The molecule has 32 heavy (non-hydrogen) atoms. The molecule has 10 nitrogen and oxygen atoms in total. The highest BCUT2D eigenvalue weighted by molar-refractivity contribution is 7.89. The summed E-state index contributed by atoms with van der Waals surface area (Å²) in [5.41, 5.74) is 1.72. The van der Waals surface area contributed by atoms with E-state index in [9.17, 15) is 13.2 Å². The van der Waals surface area contributed by atoms with Crippen molar-refractivity contribution < 1.29 is 17.6 Å². The molecule has 0 aliphatic rings. The molecule has 0 aliphatic heterocycles. The largest absolute Gasteiger partial charge is 0.401 e. The number of nitrogens with zero attached hydrogens (tertiary/aromatic N) is 5. The van der Waals surface area contributed by atoms with Crippen molar-refractivity contribution in [2.45, 2.75) is 11.4 Å². The van der Waals surface area contributed by atoms with Crippen molar-refractivity contribution in [3.63, 3.8) is 0 Å². The molecule has 0 unspecified atom stereocenters. The van der Waals surface area contributed by atoms with E-state index in [-0.39, 0.29) is 28.9 Å². The highest BCUT2D eigenvalue weighted by atomic mass is 32.2. The maximum absolute atomic E-state index is 12.8. The summed E-state index contributed by atoms with van der Waals surface area (Å²) in [7, 11) is -0.473. The Hall–Kier alpha value is -3.83. The fourth-order valence-corrected chi connectivity index (χ4v) is 4.17. The molecule has 0 radical (unpaired) electrons. The summed E-state index contributed by atoms with van der Waals surface area (Å²) >= 11 is 0. The van der Waals surface area contributed by atoms with Gasteiger partial charge in [-0.1, -0.05) is 35.4 Å². The first-order valence-electron chi connectivity index (χ1n) is 9.58. The fourth-order valence-electron chi connectivity index (χ4n) is 3.01. The van der Waals surface area contributed by atoms with Crippen molar-refractivity contribution in [1.82, 2.24) is 24.3 Å². The van der Waals surface area contributed by atoms with Crippen LogP contribution >= 0.6 is 0 Å². The predicted octanol–water partition coefficient (Wildman–Crippen LogP) is 2.54. The van der Waals surface area contributed by atoms with Gasteiger partial charge in [-0.25, -0.2) is 8.42 Å². The van der Waals surface area contributed by atoms with Gasteiger partial charge in [-0.05, 0) is 35.9 Å². The van der Waals surface area contributed by atoms with Crippen LogP contribution in [0.2, 0.25) is 0 Å². The Morgan fingerprint density at radius 2 is 1.78 bits per heavy atom. The van der Waals surface area contributed by atoms with Crippen LogP contribution in [0.1, 0.15) is 15.9 Å². The fraction of sp³-hybridized carbons (Fsp3) is 0.143. The molecular weight excluding hydrogens is 432 g/mol. The van der Waals surface area contributed by atoms with Crippen LogP contribution in [0.4, 0.5) is 6.01 Å². The molecule has 4 aromatic rings. The van der Waals surface area contributed by atoms with E-state index >= 15 is 0 Å². The summed E-state index contributed by atoms with van der Waals surface area (Å²) in [4.78, 5) is 12.6. The van der Waals surface area contributed by atoms with Gasteiger partial charge < -0.3 is 4.42 Å². The molecule has 11 heteroatoms.